The number of rotatable bonds is 3. The molecule has 1 aromatic carbocycles. The summed E-state index contributed by atoms with van der Waals surface area (Å²) in [4.78, 5) is 0. The minimum atomic E-state index is -4.33. The first-order valence-electron chi connectivity index (χ1n) is 5.63. The number of nitrogens with zero attached hydrogens (tertiary/aromatic N) is 3. The average Bonchev–Trinajstić information content (AvgIpc) is 2.45. The van der Waals surface area contributed by atoms with Gasteiger partial charge in [-0.25, -0.2) is 0 Å². The number of hydrogen-bond acceptors (Lipinski definition) is 4. The van der Waals surface area contributed by atoms with Crippen LogP contribution in [0.15, 0.2) is 36.4 Å². The Morgan fingerprint density at radius 2 is 1.75 bits per heavy atom. The smallest absolute Gasteiger partial charge is 0.365 e. The Morgan fingerprint density at radius 1 is 1.05 bits per heavy atom. The number of nitriles is 1. The van der Waals surface area contributed by atoms with Crippen LogP contribution in [0, 0.1) is 11.3 Å². The highest BCUT2D eigenvalue weighted by Crippen LogP contribution is 2.29. The number of halogens is 3. The van der Waals surface area contributed by atoms with Gasteiger partial charge < -0.3 is 5.32 Å². The van der Waals surface area contributed by atoms with E-state index in [0.717, 1.165) is 12.1 Å². The second kappa shape index (κ2) is 5.57. The van der Waals surface area contributed by atoms with Crippen molar-refractivity contribution in [2.24, 2.45) is 0 Å². The standard InChI is InChI=1S/C13H9F3N4/c14-13(15,16)10-3-1-9(2-4-10)8-18-12-6-5-11(7-17)19-20-12/h1-6H,8H2,(H,18,20). The summed E-state index contributed by atoms with van der Waals surface area (Å²) in [6.45, 7) is 0.318. The first kappa shape index (κ1) is 13.8. The lowest BCUT2D eigenvalue weighted by atomic mass is 10.1. The second-order valence-corrected chi connectivity index (χ2v) is 3.96. The highest BCUT2D eigenvalue weighted by molar-refractivity contribution is 5.36. The summed E-state index contributed by atoms with van der Waals surface area (Å²) < 4.78 is 37.1. The largest absolute Gasteiger partial charge is 0.416 e. The molecule has 102 valence electrons. The first-order chi connectivity index (χ1) is 9.49. The fourth-order valence-corrected chi connectivity index (χ4v) is 1.49. The fourth-order valence-electron chi connectivity index (χ4n) is 1.49. The molecule has 1 aromatic heterocycles. The highest BCUT2D eigenvalue weighted by atomic mass is 19.4. The Kier molecular flexibility index (Phi) is 3.84. The van der Waals surface area contributed by atoms with E-state index in [1.165, 1.54) is 18.2 Å². The summed E-state index contributed by atoms with van der Waals surface area (Å²) in [7, 11) is 0. The quantitative estimate of drug-likeness (QED) is 0.937. The number of nitrogens with one attached hydrogen (secondary N) is 1. The second-order valence-electron chi connectivity index (χ2n) is 3.96. The molecule has 0 amide bonds. The van der Waals surface area contributed by atoms with E-state index in [0.29, 0.717) is 17.9 Å². The molecule has 0 saturated heterocycles. The van der Waals surface area contributed by atoms with E-state index in [1.54, 1.807) is 6.07 Å². The number of benzene rings is 1. The highest BCUT2D eigenvalue weighted by Gasteiger charge is 2.29. The van der Waals surface area contributed by atoms with E-state index >= 15 is 0 Å². The van der Waals surface area contributed by atoms with E-state index in [-0.39, 0.29) is 5.69 Å². The van der Waals surface area contributed by atoms with Crippen molar-refractivity contribution in [3.63, 3.8) is 0 Å². The number of anilines is 1. The SMILES string of the molecule is N#Cc1ccc(NCc2ccc(C(F)(F)F)cc2)nn1. The maximum atomic E-state index is 12.4. The van der Waals surface area contributed by atoms with Gasteiger partial charge in [0.2, 0.25) is 0 Å². The molecule has 7 heteroatoms. The zero-order chi connectivity index (χ0) is 14.6. The summed E-state index contributed by atoms with van der Waals surface area (Å²) in [6.07, 6.45) is -4.33. The Morgan fingerprint density at radius 3 is 2.25 bits per heavy atom. The third kappa shape index (κ3) is 3.45. The van der Waals surface area contributed by atoms with Crippen LogP contribution in [0.25, 0.3) is 0 Å². The van der Waals surface area contributed by atoms with Crippen molar-refractivity contribution in [3.8, 4) is 6.07 Å². The van der Waals surface area contributed by atoms with Gasteiger partial charge in [0.05, 0.1) is 5.56 Å². The zero-order valence-electron chi connectivity index (χ0n) is 10.1. The van der Waals surface area contributed by atoms with Gasteiger partial charge in [-0.05, 0) is 29.8 Å². The van der Waals surface area contributed by atoms with Crippen LogP contribution < -0.4 is 5.32 Å². The predicted octanol–water partition coefficient (Wildman–Crippen LogP) is 2.98. The van der Waals surface area contributed by atoms with E-state index < -0.39 is 11.7 Å². The molecule has 2 rings (SSSR count). The van der Waals surface area contributed by atoms with Gasteiger partial charge in [-0.15, -0.1) is 10.2 Å². The molecule has 2 aromatic rings. The van der Waals surface area contributed by atoms with E-state index in [4.69, 9.17) is 5.26 Å². The molecule has 0 radical (unpaired) electrons. The summed E-state index contributed by atoms with van der Waals surface area (Å²) in [5.74, 6) is 0.448. The summed E-state index contributed by atoms with van der Waals surface area (Å²) >= 11 is 0. The van der Waals surface area contributed by atoms with Gasteiger partial charge in [0.15, 0.2) is 5.69 Å². The molecule has 0 aliphatic rings. The van der Waals surface area contributed by atoms with Gasteiger partial charge in [-0.1, -0.05) is 12.1 Å². The molecule has 0 aliphatic heterocycles. The Bertz CT molecular complexity index is 612. The molecule has 1 heterocycles. The molecule has 0 spiro atoms. The van der Waals surface area contributed by atoms with Crippen LogP contribution in [0.2, 0.25) is 0 Å². The third-order valence-electron chi connectivity index (χ3n) is 2.53. The van der Waals surface area contributed by atoms with E-state index in [9.17, 15) is 13.2 Å². The van der Waals surface area contributed by atoms with Gasteiger partial charge in [0.25, 0.3) is 0 Å². The molecule has 1 N–H and O–H groups in total. The Labute approximate surface area is 112 Å². The molecule has 0 unspecified atom stereocenters. The van der Waals surface area contributed by atoms with Gasteiger partial charge in [-0.3, -0.25) is 0 Å². The number of alkyl halides is 3. The lowest BCUT2D eigenvalue weighted by molar-refractivity contribution is -0.137. The van der Waals surface area contributed by atoms with Gasteiger partial charge in [0.1, 0.15) is 11.9 Å². The van der Waals surface area contributed by atoms with Crippen molar-refractivity contribution < 1.29 is 13.2 Å². The molecule has 0 aliphatic carbocycles. The maximum Gasteiger partial charge on any atom is 0.416 e. The molecule has 0 atom stereocenters. The summed E-state index contributed by atoms with van der Waals surface area (Å²) in [5.41, 5.74) is 0.202. The van der Waals surface area contributed by atoms with E-state index in [1.807, 2.05) is 6.07 Å². The molecule has 20 heavy (non-hydrogen) atoms. The van der Waals surface area contributed by atoms with Crippen molar-refractivity contribution in [2.45, 2.75) is 12.7 Å². The minimum Gasteiger partial charge on any atom is -0.365 e. The normalized spacial score (nSPS) is 10.9. The lowest BCUT2D eigenvalue weighted by Gasteiger charge is -2.08. The van der Waals surface area contributed by atoms with Crippen LogP contribution in [0.1, 0.15) is 16.8 Å². The van der Waals surface area contributed by atoms with E-state index in [2.05, 4.69) is 15.5 Å². The lowest BCUT2D eigenvalue weighted by Crippen LogP contribution is -2.06. The minimum absolute atomic E-state index is 0.199. The van der Waals surface area contributed by atoms with Crippen LogP contribution in [0.4, 0.5) is 19.0 Å². The van der Waals surface area contributed by atoms with Crippen molar-refractivity contribution in [2.75, 3.05) is 5.32 Å². The van der Waals surface area contributed by atoms with Crippen LogP contribution >= 0.6 is 0 Å². The molecule has 4 nitrogen and oxygen atoms in total. The van der Waals surface area contributed by atoms with Gasteiger partial charge in [0, 0.05) is 6.54 Å². The van der Waals surface area contributed by atoms with Crippen LogP contribution in [-0.4, -0.2) is 10.2 Å². The molecular formula is C13H9F3N4. The molecular weight excluding hydrogens is 269 g/mol. The Hall–Kier alpha value is -2.62. The predicted molar refractivity (Wildman–Crippen MR) is 65.5 cm³/mol. The average molecular weight is 278 g/mol. The van der Waals surface area contributed by atoms with Crippen LogP contribution in [0.5, 0.6) is 0 Å². The topological polar surface area (TPSA) is 61.6 Å². The molecule has 0 saturated carbocycles. The Balaban J connectivity index is 1.98. The van der Waals surface area contributed by atoms with Gasteiger partial charge >= 0.3 is 6.18 Å². The van der Waals surface area contributed by atoms with Crippen molar-refractivity contribution >= 4 is 5.82 Å². The van der Waals surface area contributed by atoms with Crippen LogP contribution in [-0.2, 0) is 12.7 Å². The summed E-state index contributed by atoms with van der Waals surface area (Å²) in [5, 5.41) is 18.9. The molecule has 0 bridgehead atoms. The van der Waals surface area contributed by atoms with Crippen molar-refractivity contribution in [1.82, 2.24) is 10.2 Å². The number of hydrogen-bond donors (Lipinski definition) is 1. The fraction of sp³-hybridized carbons (Fsp3) is 0.154. The third-order valence-corrected chi connectivity index (χ3v) is 2.53. The zero-order valence-corrected chi connectivity index (χ0v) is 10.1. The molecule has 0 fully saturated rings. The van der Waals surface area contributed by atoms with Crippen molar-refractivity contribution in [3.05, 3.63) is 53.2 Å². The van der Waals surface area contributed by atoms with Crippen LogP contribution in [0.3, 0.4) is 0 Å². The van der Waals surface area contributed by atoms with Crippen molar-refractivity contribution in [1.29, 1.82) is 5.26 Å². The first-order valence-corrected chi connectivity index (χ1v) is 5.63. The monoisotopic (exact) mass is 278 g/mol. The number of aromatic nitrogens is 2. The van der Waals surface area contributed by atoms with Gasteiger partial charge in [-0.2, -0.15) is 18.4 Å². The maximum absolute atomic E-state index is 12.4. The summed E-state index contributed by atoms with van der Waals surface area (Å²) in [6, 6.07) is 9.77.